The lowest BCUT2D eigenvalue weighted by Gasteiger charge is -2.06. The van der Waals surface area contributed by atoms with E-state index in [0.29, 0.717) is 11.4 Å². The maximum Gasteiger partial charge on any atom is 0.266 e. The number of methoxy groups -OCH3 is 1. The maximum absolute atomic E-state index is 12.4. The molecule has 0 unspecified atom stereocenters. The maximum atomic E-state index is 12.4. The van der Waals surface area contributed by atoms with Gasteiger partial charge in [0.2, 0.25) is 0 Å². The molecule has 0 fully saturated rings. The minimum Gasteiger partial charge on any atom is -0.497 e. The number of hydrogen-bond donors (Lipinski definition) is 1. The van der Waals surface area contributed by atoms with E-state index in [4.69, 9.17) is 4.74 Å². The van der Waals surface area contributed by atoms with Crippen LogP contribution in [0.5, 0.6) is 5.75 Å². The zero-order valence-corrected chi connectivity index (χ0v) is 14.2. The third kappa shape index (κ3) is 4.00. The van der Waals surface area contributed by atoms with Crippen molar-refractivity contribution in [2.24, 2.45) is 0 Å². The van der Waals surface area contributed by atoms with Crippen molar-refractivity contribution >= 4 is 17.7 Å². The minimum absolute atomic E-state index is 0.0265. The van der Waals surface area contributed by atoms with Gasteiger partial charge in [0, 0.05) is 29.8 Å². The zero-order chi connectivity index (χ0) is 18.4. The molecule has 0 aliphatic carbocycles. The predicted octanol–water partition coefficient (Wildman–Crippen LogP) is 4.03. The van der Waals surface area contributed by atoms with Crippen molar-refractivity contribution in [2.75, 3.05) is 12.4 Å². The van der Waals surface area contributed by atoms with Crippen LogP contribution in [0, 0.1) is 11.3 Å². The number of carbonyl (C=O) groups excluding carboxylic acids is 1. The molecular weight excluding hydrogens is 326 g/mol. The highest BCUT2D eigenvalue weighted by atomic mass is 16.5. The third-order valence-electron chi connectivity index (χ3n) is 3.77. The Bertz CT molecular complexity index is 982. The number of nitriles is 1. The second kappa shape index (κ2) is 7.86. The van der Waals surface area contributed by atoms with Gasteiger partial charge < -0.3 is 14.6 Å². The molecular formula is C21H17N3O2. The molecule has 0 saturated carbocycles. The summed E-state index contributed by atoms with van der Waals surface area (Å²) in [4.78, 5) is 12.4. The minimum atomic E-state index is -0.465. The van der Waals surface area contributed by atoms with Crippen LogP contribution in [0.4, 0.5) is 5.69 Å². The summed E-state index contributed by atoms with van der Waals surface area (Å²) in [7, 11) is 1.55. The Morgan fingerprint density at radius 2 is 1.96 bits per heavy atom. The molecule has 5 heteroatoms. The molecule has 0 radical (unpaired) electrons. The Kier molecular flexibility index (Phi) is 5.16. The molecule has 0 atom stereocenters. The number of ether oxygens (including phenoxy) is 1. The molecule has 2 aromatic carbocycles. The topological polar surface area (TPSA) is 67.0 Å². The van der Waals surface area contributed by atoms with Gasteiger partial charge in [0.05, 0.1) is 7.11 Å². The lowest BCUT2D eigenvalue weighted by molar-refractivity contribution is -0.112. The van der Waals surface area contributed by atoms with Crippen molar-refractivity contribution in [3.05, 3.63) is 84.2 Å². The highest BCUT2D eigenvalue weighted by Crippen LogP contribution is 2.18. The van der Waals surface area contributed by atoms with Crippen LogP contribution in [0.3, 0.4) is 0 Å². The second-order valence-electron chi connectivity index (χ2n) is 5.54. The highest BCUT2D eigenvalue weighted by molar-refractivity contribution is 6.09. The molecule has 0 saturated heterocycles. The fraction of sp³-hybridized carbons (Fsp3) is 0.0476. The van der Waals surface area contributed by atoms with E-state index in [0.717, 1.165) is 11.3 Å². The first kappa shape index (κ1) is 17.1. The van der Waals surface area contributed by atoms with Crippen LogP contribution < -0.4 is 10.1 Å². The lowest BCUT2D eigenvalue weighted by Crippen LogP contribution is -2.13. The average molecular weight is 343 g/mol. The fourth-order valence-corrected chi connectivity index (χ4v) is 2.47. The van der Waals surface area contributed by atoms with Crippen molar-refractivity contribution in [3.8, 4) is 17.5 Å². The summed E-state index contributed by atoms with van der Waals surface area (Å²) in [5.41, 5.74) is 2.37. The number of anilines is 1. The number of nitrogens with one attached hydrogen (secondary N) is 1. The number of para-hydroxylation sites is 1. The molecule has 128 valence electrons. The van der Waals surface area contributed by atoms with E-state index in [-0.39, 0.29) is 5.57 Å². The second-order valence-corrected chi connectivity index (χ2v) is 5.54. The van der Waals surface area contributed by atoms with Crippen molar-refractivity contribution < 1.29 is 9.53 Å². The smallest absolute Gasteiger partial charge is 0.266 e. The molecule has 0 bridgehead atoms. The Morgan fingerprint density at radius 3 is 2.69 bits per heavy atom. The molecule has 0 aliphatic rings. The van der Waals surface area contributed by atoms with Gasteiger partial charge in [-0.2, -0.15) is 5.26 Å². The van der Waals surface area contributed by atoms with Crippen molar-refractivity contribution in [1.82, 2.24) is 4.57 Å². The van der Waals surface area contributed by atoms with E-state index in [2.05, 4.69) is 5.32 Å². The van der Waals surface area contributed by atoms with Crippen LogP contribution in [-0.4, -0.2) is 17.6 Å². The monoisotopic (exact) mass is 343 g/mol. The van der Waals surface area contributed by atoms with Gasteiger partial charge in [0.1, 0.15) is 17.4 Å². The van der Waals surface area contributed by atoms with E-state index in [1.54, 1.807) is 37.5 Å². The van der Waals surface area contributed by atoms with E-state index in [1.807, 2.05) is 59.4 Å². The summed E-state index contributed by atoms with van der Waals surface area (Å²) in [6.45, 7) is 0. The van der Waals surface area contributed by atoms with E-state index in [9.17, 15) is 10.1 Å². The third-order valence-corrected chi connectivity index (χ3v) is 3.77. The predicted molar refractivity (Wildman–Crippen MR) is 101 cm³/mol. The first-order valence-corrected chi connectivity index (χ1v) is 8.00. The number of hydrogen-bond acceptors (Lipinski definition) is 3. The van der Waals surface area contributed by atoms with Gasteiger partial charge in [-0.25, -0.2) is 0 Å². The Morgan fingerprint density at radius 1 is 1.15 bits per heavy atom. The molecule has 5 nitrogen and oxygen atoms in total. The van der Waals surface area contributed by atoms with Crippen molar-refractivity contribution in [1.29, 1.82) is 5.26 Å². The fourth-order valence-electron chi connectivity index (χ4n) is 2.47. The lowest BCUT2D eigenvalue weighted by atomic mass is 10.2. The molecule has 3 rings (SSSR count). The van der Waals surface area contributed by atoms with Gasteiger partial charge >= 0.3 is 0 Å². The van der Waals surface area contributed by atoms with Crippen LogP contribution in [0.25, 0.3) is 11.8 Å². The van der Waals surface area contributed by atoms with Gasteiger partial charge in [0.25, 0.3) is 5.91 Å². The molecule has 1 N–H and O–H groups in total. The van der Waals surface area contributed by atoms with Crippen molar-refractivity contribution in [3.63, 3.8) is 0 Å². The molecule has 3 aromatic rings. The summed E-state index contributed by atoms with van der Waals surface area (Å²) in [6, 6.07) is 20.6. The van der Waals surface area contributed by atoms with E-state index in [1.165, 1.54) is 0 Å². The van der Waals surface area contributed by atoms with Gasteiger partial charge in [-0.3, -0.25) is 4.79 Å². The largest absolute Gasteiger partial charge is 0.497 e. The standard InChI is InChI=1S/C21H17N3O2/c1-26-20-9-5-6-18(13-20)23-21(25)17(14-22)12-16-10-11-24(15-16)19-7-3-2-4-8-19/h2-13,15H,1H3,(H,23,25)/b17-12+. The van der Waals surface area contributed by atoms with Gasteiger partial charge in [-0.15, -0.1) is 0 Å². The molecule has 0 spiro atoms. The SMILES string of the molecule is COc1cccc(NC(=O)/C(C#N)=C/c2ccn(-c3ccccc3)c2)c1. The van der Waals surface area contributed by atoms with Crippen LogP contribution in [0.2, 0.25) is 0 Å². The zero-order valence-electron chi connectivity index (χ0n) is 14.2. The van der Waals surface area contributed by atoms with Crippen LogP contribution in [-0.2, 0) is 4.79 Å². The van der Waals surface area contributed by atoms with Crippen LogP contribution >= 0.6 is 0 Å². The Balaban J connectivity index is 1.79. The van der Waals surface area contributed by atoms with E-state index < -0.39 is 5.91 Å². The number of carbonyl (C=O) groups is 1. The number of aromatic nitrogens is 1. The van der Waals surface area contributed by atoms with Crippen LogP contribution in [0.1, 0.15) is 5.56 Å². The molecule has 1 heterocycles. The summed E-state index contributed by atoms with van der Waals surface area (Å²) >= 11 is 0. The highest BCUT2D eigenvalue weighted by Gasteiger charge is 2.10. The van der Waals surface area contributed by atoms with E-state index >= 15 is 0 Å². The average Bonchev–Trinajstić information content (AvgIpc) is 3.15. The summed E-state index contributed by atoms with van der Waals surface area (Å²) in [6.07, 6.45) is 5.32. The summed E-state index contributed by atoms with van der Waals surface area (Å²) in [5, 5.41) is 12.1. The number of nitrogens with zero attached hydrogens (tertiary/aromatic N) is 2. The first-order valence-electron chi connectivity index (χ1n) is 8.00. The Hall–Kier alpha value is -3.78. The number of amides is 1. The summed E-state index contributed by atoms with van der Waals surface area (Å²) in [5.74, 6) is 0.165. The quantitative estimate of drug-likeness (QED) is 0.562. The Labute approximate surface area is 151 Å². The first-order chi connectivity index (χ1) is 12.7. The van der Waals surface area contributed by atoms with Gasteiger partial charge in [0.15, 0.2) is 0 Å². The van der Waals surface area contributed by atoms with Crippen molar-refractivity contribution in [2.45, 2.75) is 0 Å². The summed E-state index contributed by atoms with van der Waals surface area (Å²) < 4.78 is 7.06. The molecule has 0 aliphatic heterocycles. The number of rotatable bonds is 5. The van der Waals surface area contributed by atoms with Gasteiger partial charge in [-0.05, 0) is 42.0 Å². The number of benzene rings is 2. The molecule has 26 heavy (non-hydrogen) atoms. The van der Waals surface area contributed by atoms with Gasteiger partial charge in [-0.1, -0.05) is 24.3 Å². The molecule has 1 aromatic heterocycles. The molecule has 1 amide bonds. The normalized spacial score (nSPS) is 10.8. The van der Waals surface area contributed by atoms with Crippen LogP contribution in [0.15, 0.2) is 78.6 Å².